The SMILES string of the molecule is CC(=O)N(c1nc(CSc2cccc(Br)c2)cs1)c1cccc(C)c1C. The van der Waals surface area contributed by atoms with E-state index in [0.717, 1.165) is 37.9 Å². The molecule has 26 heavy (non-hydrogen) atoms. The molecule has 3 nitrogen and oxygen atoms in total. The van der Waals surface area contributed by atoms with Crippen molar-refractivity contribution in [2.45, 2.75) is 31.4 Å². The second kappa shape index (κ2) is 8.37. The second-order valence-corrected chi connectivity index (χ2v) is 8.74. The van der Waals surface area contributed by atoms with Crippen LogP contribution in [-0.4, -0.2) is 10.9 Å². The summed E-state index contributed by atoms with van der Waals surface area (Å²) in [5.74, 6) is 0.741. The molecule has 1 amide bonds. The van der Waals surface area contributed by atoms with E-state index >= 15 is 0 Å². The quantitative estimate of drug-likeness (QED) is 0.419. The third-order valence-electron chi connectivity index (χ3n) is 4.05. The van der Waals surface area contributed by atoms with Crippen LogP contribution in [0.25, 0.3) is 0 Å². The van der Waals surface area contributed by atoms with E-state index in [0.29, 0.717) is 0 Å². The van der Waals surface area contributed by atoms with E-state index < -0.39 is 0 Å². The lowest BCUT2D eigenvalue weighted by Crippen LogP contribution is -2.23. The summed E-state index contributed by atoms with van der Waals surface area (Å²) in [4.78, 5) is 19.9. The molecule has 0 radical (unpaired) electrons. The predicted molar refractivity (Wildman–Crippen MR) is 115 cm³/mol. The zero-order valence-electron chi connectivity index (χ0n) is 14.8. The summed E-state index contributed by atoms with van der Waals surface area (Å²) >= 11 is 6.73. The Hall–Kier alpha value is -1.63. The molecule has 0 unspecified atom stereocenters. The normalized spacial score (nSPS) is 10.8. The highest BCUT2D eigenvalue weighted by Crippen LogP contribution is 2.34. The summed E-state index contributed by atoms with van der Waals surface area (Å²) < 4.78 is 1.07. The summed E-state index contributed by atoms with van der Waals surface area (Å²) in [5.41, 5.74) is 4.14. The fraction of sp³-hybridized carbons (Fsp3) is 0.200. The van der Waals surface area contributed by atoms with Gasteiger partial charge in [-0.3, -0.25) is 9.69 Å². The fourth-order valence-electron chi connectivity index (χ4n) is 2.56. The Morgan fingerprint density at radius 2 is 2.00 bits per heavy atom. The van der Waals surface area contributed by atoms with Gasteiger partial charge in [0.2, 0.25) is 5.91 Å². The number of hydrogen-bond acceptors (Lipinski definition) is 4. The first-order chi connectivity index (χ1) is 12.5. The summed E-state index contributed by atoms with van der Waals surface area (Å²) in [6.07, 6.45) is 0. The maximum atomic E-state index is 12.3. The van der Waals surface area contributed by atoms with Crippen molar-refractivity contribution in [1.29, 1.82) is 0 Å². The molecule has 0 saturated heterocycles. The number of benzene rings is 2. The molecule has 1 heterocycles. The fourth-order valence-corrected chi connectivity index (χ4v) is 4.95. The first-order valence-electron chi connectivity index (χ1n) is 8.15. The molecule has 1 aromatic heterocycles. The minimum Gasteiger partial charge on any atom is -0.274 e. The van der Waals surface area contributed by atoms with Crippen LogP contribution in [0.5, 0.6) is 0 Å². The highest BCUT2D eigenvalue weighted by atomic mass is 79.9. The number of carbonyl (C=O) groups excluding carboxylic acids is 1. The lowest BCUT2D eigenvalue weighted by molar-refractivity contribution is -0.115. The number of halogens is 1. The molecule has 0 N–H and O–H groups in total. The van der Waals surface area contributed by atoms with Crippen molar-refractivity contribution >= 4 is 55.8 Å². The Labute approximate surface area is 170 Å². The number of aryl methyl sites for hydroxylation is 1. The van der Waals surface area contributed by atoms with Crippen molar-refractivity contribution in [2.75, 3.05) is 4.90 Å². The summed E-state index contributed by atoms with van der Waals surface area (Å²) in [7, 11) is 0. The molecule has 0 atom stereocenters. The molecule has 0 bridgehead atoms. The summed E-state index contributed by atoms with van der Waals surface area (Å²) in [6, 6.07) is 14.2. The number of anilines is 2. The van der Waals surface area contributed by atoms with Crippen LogP contribution in [0.15, 0.2) is 57.2 Å². The summed E-state index contributed by atoms with van der Waals surface area (Å²) in [6.45, 7) is 5.68. The van der Waals surface area contributed by atoms with E-state index in [2.05, 4.69) is 41.1 Å². The van der Waals surface area contributed by atoms with Gasteiger partial charge >= 0.3 is 0 Å². The van der Waals surface area contributed by atoms with Gasteiger partial charge in [0.1, 0.15) is 0 Å². The zero-order valence-corrected chi connectivity index (χ0v) is 18.0. The van der Waals surface area contributed by atoms with Crippen molar-refractivity contribution in [3.63, 3.8) is 0 Å². The molecule has 0 aliphatic heterocycles. The van der Waals surface area contributed by atoms with Crippen LogP contribution in [0, 0.1) is 13.8 Å². The Kier molecular flexibility index (Phi) is 6.16. The maximum Gasteiger partial charge on any atom is 0.230 e. The molecule has 0 aliphatic carbocycles. The first kappa shape index (κ1) is 19.1. The molecule has 0 aliphatic rings. The molecule has 134 valence electrons. The van der Waals surface area contributed by atoms with Crippen LogP contribution < -0.4 is 4.90 Å². The third-order valence-corrected chi connectivity index (χ3v) is 6.44. The number of amides is 1. The van der Waals surface area contributed by atoms with Crippen molar-refractivity contribution in [3.05, 3.63) is 69.1 Å². The third kappa shape index (κ3) is 4.37. The predicted octanol–water partition coefficient (Wildman–Crippen LogP) is 6.50. The standard InChI is InChI=1S/C20H19BrN2OS2/c1-13-6-4-9-19(14(13)2)23(15(3)24)20-22-17(12-26-20)11-25-18-8-5-7-16(21)10-18/h4-10,12H,11H2,1-3H3. The molecule has 0 fully saturated rings. The largest absolute Gasteiger partial charge is 0.274 e. The van der Waals surface area contributed by atoms with Crippen LogP contribution in [0.3, 0.4) is 0 Å². The van der Waals surface area contributed by atoms with Gasteiger partial charge in [0.05, 0.1) is 11.4 Å². The maximum absolute atomic E-state index is 12.3. The average molecular weight is 447 g/mol. The van der Waals surface area contributed by atoms with Crippen molar-refractivity contribution in [1.82, 2.24) is 4.98 Å². The number of nitrogens with zero attached hydrogens (tertiary/aromatic N) is 2. The Balaban J connectivity index is 1.82. The first-order valence-corrected chi connectivity index (χ1v) is 10.8. The number of thioether (sulfide) groups is 1. The van der Waals surface area contributed by atoms with Gasteiger partial charge in [-0.25, -0.2) is 4.98 Å². The number of aromatic nitrogens is 1. The molecule has 2 aromatic carbocycles. The molecule has 3 rings (SSSR count). The van der Waals surface area contributed by atoms with Crippen LogP contribution in [0.4, 0.5) is 10.8 Å². The highest BCUT2D eigenvalue weighted by Gasteiger charge is 2.20. The Morgan fingerprint density at radius 1 is 1.23 bits per heavy atom. The number of rotatable bonds is 5. The molecule has 0 spiro atoms. The molecular weight excluding hydrogens is 428 g/mol. The van der Waals surface area contributed by atoms with Crippen LogP contribution in [-0.2, 0) is 10.5 Å². The van der Waals surface area contributed by atoms with Gasteiger partial charge in [0.25, 0.3) is 0 Å². The Morgan fingerprint density at radius 3 is 2.73 bits per heavy atom. The van der Waals surface area contributed by atoms with Gasteiger partial charge in [0.15, 0.2) is 5.13 Å². The van der Waals surface area contributed by atoms with Crippen LogP contribution in [0.1, 0.15) is 23.7 Å². The van der Waals surface area contributed by atoms with E-state index in [1.165, 1.54) is 16.2 Å². The van der Waals surface area contributed by atoms with Crippen molar-refractivity contribution in [3.8, 4) is 0 Å². The van der Waals surface area contributed by atoms with E-state index in [-0.39, 0.29) is 5.91 Å². The molecule has 3 aromatic rings. The number of thiazole rings is 1. The van der Waals surface area contributed by atoms with Crippen molar-refractivity contribution < 1.29 is 4.79 Å². The number of carbonyl (C=O) groups is 1. The second-order valence-electron chi connectivity index (χ2n) is 5.94. The lowest BCUT2D eigenvalue weighted by Gasteiger charge is -2.21. The van der Waals surface area contributed by atoms with E-state index in [1.54, 1.807) is 23.6 Å². The Bertz CT molecular complexity index is 939. The van der Waals surface area contributed by atoms with Gasteiger partial charge < -0.3 is 0 Å². The zero-order chi connectivity index (χ0) is 18.7. The topological polar surface area (TPSA) is 33.2 Å². The van der Waals surface area contributed by atoms with E-state index in [1.807, 2.05) is 36.6 Å². The molecule has 0 saturated carbocycles. The average Bonchev–Trinajstić information content (AvgIpc) is 3.05. The van der Waals surface area contributed by atoms with Crippen LogP contribution >= 0.6 is 39.0 Å². The smallest absolute Gasteiger partial charge is 0.230 e. The van der Waals surface area contributed by atoms with Crippen LogP contribution in [0.2, 0.25) is 0 Å². The minimum atomic E-state index is -0.0285. The van der Waals surface area contributed by atoms with Gasteiger partial charge in [-0.05, 0) is 49.2 Å². The van der Waals surface area contributed by atoms with Crippen molar-refractivity contribution in [2.24, 2.45) is 0 Å². The summed E-state index contributed by atoms with van der Waals surface area (Å²) in [5, 5.41) is 2.75. The monoisotopic (exact) mass is 446 g/mol. The molecular formula is C20H19BrN2OS2. The van der Waals surface area contributed by atoms with E-state index in [9.17, 15) is 4.79 Å². The van der Waals surface area contributed by atoms with E-state index in [4.69, 9.17) is 4.98 Å². The molecule has 6 heteroatoms. The number of hydrogen-bond donors (Lipinski definition) is 0. The van der Waals surface area contributed by atoms with Gasteiger partial charge in [-0.2, -0.15) is 0 Å². The minimum absolute atomic E-state index is 0.0285. The highest BCUT2D eigenvalue weighted by molar-refractivity contribution is 9.10. The van der Waals surface area contributed by atoms with Gasteiger partial charge in [-0.1, -0.05) is 34.1 Å². The lowest BCUT2D eigenvalue weighted by atomic mass is 10.1. The van der Waals surface area contributed by atoms with Gasteiger partial charge in [-0.15, -0.1) is 23.1 Å². The van der Waals surface area contributed by atoms with Gasteiger partial charge in [0, 0.05) is 27.4 Å².